The van der Waals surface area contributed by atoms with Gasteiger partial charge in [0.15, 0.2) is 5.13 Å². The van der Waals surface area contributed by atoms with Crippen LogP contribution in [-0.2, 0) is 16.0 Å². The minimum absolute atomic E-state index is 0.0426. The topological polar surface area (TPSA) is 91.7 Å². The maximum absolute atomic E-state index is 12.4. The fourth-order valence-corrected chi connectivity index (χ4v) is 7.46. The molecule has 0 bridgehead atoms. The minimum atomic E-state index is -1.41. The molecule has 5 rings (SSSR count). The molecule has 2 aliphatic carbocycles. The van der Waals surface area contributed by atoms with Crippen LogP contribution >= 0.6 is 11.3 Å². The van der Waals surface area contributed by atoms with Crippen molar-refractivity contribution in [3.8, 4) is 0 Å². The van der Waals surface area contributed by atoms with Crippen LogP contribution in [0.15, 0.2) is 24.4 Å². The van der Waals surface area contributed by atoms with Crippen LogP contribution in [0.1, 0.15) is 67.4 Å². The fraction of sp³-hybridized carbons (Fsp3) is 0.600. The van der Waals surface area contributed by atoms with Gasteiger partial charge in [0.1, 0.15) is 0 Å². The summed E-state index contributed by atoms with van der Waals surface area (Å²) < 4.78 is 6.43. The van der Waals surface area contributed by atoms with E-state index in [1.165, 1.54) is 22.5 Å². The number of hydrogen-bond acceptors (Lipinski definition) is 6. The number of hydrogen-bond donors (Lipinski definition) is 3. The lowest BCUT2D eigenvalue weighted by molar-refractivity contribution is -0.116. The molecule has 2 heterocycles. The Bertz CT molecular complexity index is 1030. The zero-order chi connectivity index (χ0) is 23.2. The first kappa shape index (κ1) is 23.0. The third-order valence-corrected chi connectivity index (χ3v) is 9.06. The first-order valence-corrected chi connectivity index (χ1v) is 13.0. The Labute approximate surface area is 199 Å². The third-order valence-electron chi connectivity index (χ3n) is 8.23. The number of rotatable bonds is 6. The average molecular weight is 468 g/mol. The number of amides is 1. The second-order valence-electron chi connectivity index (χ2n) is 10.3. The van der Waals surface area contributed by atoms with Gasteiger partial charge in [0.2, 0.25) is 5.91 Å². The van der Waals surface area contributed by atoms with Crippen LogP contribution < -0.4 is 10.8 Å². The summed E-state index contributed by atoms with van der Waals surface area (Å²) >= 11 is 1.51. The van der Waals surface area contributed by atoms with E-state index in [2.05, 4.69) is 23.3 Å². The summed E-state index contributed by atoms with van der Waals surface area (Å²) in [6, 6.07) is 5.97. The fourth-order valence-electron chi connectivity index (χ4n) is 6.78. The van der Waals surface area contributed by atoms with Crippen LogP contribution in [0.3, 0.4) is 0 Å². The van der Waals surface area contributed by atoms with Crippen molar-refractivity contribution in [2.75, 3.05) is 11.9 Å². The first-order valence-electron chi connectivity index (χ1n) is 12.2. The number of benzene rings is 1. The van der Waals surface area contributed by atoms with Gasteiger partial charge in [-0.15, -0.1) is 11.3 Å². The molecule has 2 aromatic rings. The molecule has 1 amide bonds. The van der Waals surface area contributed by atoms with E-state index < -0.39 is 7.12 Å². The monoisotopic (exact) mass is 468 g/mol. The summed E-state index contributed by atoms with van der Waals surface area (Å²) in [5.74, 6) is 2.13. The standard InChI is InChI=1S/C25H33BN2O4S/c1-15-13-27-24(33-15)28-22(29)5-3-4-17-14-32-25(2)11-10-20-19-9-7-18(26(30)31)12-16(19)6-8-21(20)23(17)25/h7,9,12-13,17,20-21,23,30-31H,3-6,8,10-11,14H2,1-2H3,(H,27,28,29)/t17-,20?,21?,23?,25-/m0/s1. The zero-order valence-electron chi connectivity index (χ0n) is 19.4. The molecule has 176 valence electrons. The molecule has 8 heteroatoms. The zero-order valence-corrected chi connectivity index (χ0v) is 20.2. The summed E-state index contributed by atoms with van der Waals surface area (Å²) in [7, 11) is -1.41. The predicted molar refractivity (Wildman–Crippen MR) is 131 cm³/mol. The minimum Gasteiger partial charge on any atom is -0.423 e. The molecule has 1 aliphatic heterocycles. The number of carbonyl (C=O) groups is 1. The molecule has 2 fully saturated rings. The van der Waals surface area contributed by atoms with Gasteiger partial charge in [0.25, 0.3) is 0 Å². The van der Waals surface area contributed by atoms with Gasteiger partial charge in [-0.25, -0.2) is 4.98 Å². The highest BCUT2D eigenvalue weighted by Crippen LogP contribution is 2.58. The number of thiazole rings is 1. The van der Waals surface area contributed by atoms with Gasteiger partial charge in [-0.05, 0) is 92.6 Å². The number of anilines is 1. The normalized spacial score (nSPS) is 30.3. The number of nitrogens with zero attached hydrogens (tertiary/aromatic N) is 1. The van der Waals surface area contributed by atoms with Gasteiger partial charge in [0, 0.05) is 17.5 Å². The van der Waals surface area contributed by atoms with Crippen molar-refractivity contribution in [1.82, 2.24) is 4.98 Å². The largest absolute Gasteiger partial charge is 0.488 e. The predicted octanol–water partition coefficient (Wildman–Crippen LogP) is 3.40. The van der Waals surface area contributed by atoms with Crippen LogP contribution in [0, 0.1) is 24.7 Å². The second-order valence-corrected chi connectivity index (χ2v) is 11.5. The van der Waals surface area contributed by atoms with Gasteiger partial charge in [-0.1, -0.05) is 18.2 Å². The van der Waals surface area contributed by atoms with E-state index in [0.29, 0.717) is 40.7 Å². The van der Waals surface area contributed by atoms with Crippen LogP contribution in [0.2, 0.25) is 0 Å². The lowest BCUT2D eigenvalue weighted by Gasteiger charge is -2.49. The molecule has 3 unspecified atom stereocenters. The molecule has 5 atom stereocenters. The van der Waals surface area contributed by atoms with E-state index in [-0.39, 0.29) is 11.5 Å². The van der Waals surface area contributed by atoms with Gasteiger partial charge in [0.05, 0.1) is 12.2 Å². The SMILES string of the molecule is Cc1cnc(NC(=O)CCC[C@H]2CO[C@@]3(C)CCC4c5ccc(B(O)O)cc5CCC4C23)s1. The highest BCUT2D eigenvalue weighted by molar-refractivity contribution is 7.15. The molecular weight excluding hydrogens is 435 g/mol. The summed E-state index contributed by atoms with van der Waals surface area (Å²) in [6.07, 6.45) is 8.45. The Kier molecular flexibility index (Phi) is 6.38. The van der Waals surface area contributed by atoms with Crippen LogP contribution in [0.4, 0.5) is 5.13 Å². The maximum atomic E-state index is 12.4. The third kappa shape index (κ3) is 4.50. The number of nitrogens with one attached hydrogen (secondary N) is 1. The Hall–Kier alpha value is -1.74. The van der Waals surface area contributed by atoms with Crippen LogP contribution in [-0.4, -0.2) is 40.3 Å². The molecule has 0 spiro atoms. The van der Waals surface area contributed by atoms with Crippen molar-refractivity contribution in [3.05, 3.63) is 40.4 Å². The number of aromatic nitrogens is 1. The van der Waals surface area contributed by atoms with Crippen molar-refractivity contribution >= 4 is 35.0 Å². The summed E-state index contributed by atoms with van der Waals surface area (Å²) in [5.41, 5.74) is 3.18. The van der Waals surface area contributed by atoms with Crippen molar-refractivity contribution < 1.29 is 19.6 Å². The number of ether oxygens (including phenoxy) is 1. The average Bonchev–Trinajstić information content (AvgIpc) is 3.35. The van der Waals surface area contributed by atoms with E-state index in [1.807, 2.05) is 19.1 Å². The molecule has 1 aromatic carbocycles. The molecular formula is C25H33BN2O4S. The van der Waals surface area contributed by atoms with E-state index in [9.17, 15) is 14.8 Å². The lowest BCUT2D eigenvalue weighted by Crippen LogP contribution is -2.47. The summed E-state index contributed by atoms with van der Waals surface area (Å²) in [6.45, 7) is 5.08. The van der Waals surface area contributed by atoms with Gasteiger partial charge >= 0.3 is 7.12 Å². The molecule has 3 N–H and O–H groups in total. The summed E-state index contributed by atoms with van der Waals surface area (Å²) in [4.78, 5) is 17.7. The molecule has 0 radical (unpaired) electrons. The number of fused-ring (bicyclic) bond motifs is 5. The van der Waals surface area contributed by atoms with E-state index in [0.717, 1.165) is 50.0 Å². The van der Waals surface area contributed by atoms with Crippen molar-refractivity contribution in [3.63, 3.8) is 0 Å². The van der Waals surface area contributed by atoms with Crippen molar-refractivity contribution in [2.45, 2.75) is 70.3 Å². The van der Waals surface area contributed by atoms with E-state index in [4.69, 9.17) is 4.74 Å². The molecule has 33 heavy (non-hydrogen) atoms. The Morgan fingerprint density at radius 1 is 1.36 bits per heavy atom. The quantitative estimate of drug-likeness (QED) is 0.566. The maximum Gasteiger partial charge on any atom is 0.488 e. The Morgan fingerprint density at radius 3 is 2.97 bits per heavy atom. The Morgan fingerprint density at radius 2 is 2.21 bits per heavy atom. The number of aryl methyl sites for hydroxylation is 2. The molecule has 1 saturated heterocycles. The van der Waals surface area contributed by atoms with E-state index in [1.54, 1.807) is 6.20 Å². The van der Waals surface area contributed by atoms with Crippen molar-refractivity contribution in [2.24, 2.45) is 17.8 Å². The molecule has 1 aromatic heterocycles. The van der Waals surface area contributed by atoms with E-state index >= 15 is 0 Å². The molecule has 3 aliphatic rings. The number of carbonyl (C=O) groups excluding carboxylic acids is 1. The smallest absolute Gasteiger partial charge is 0.423 e. The Balaban J connectivity index is 1.25. The summed E-state index contributed by atoms with van der Waals surface area (Å²) in [5, 5.41) is 22.7. The van der Waals surface area contributed by atoms with Gasteiger partial charge in [-0.3, -0.25) is 4.79 Å². The molecule has 6 nitrogen and oxygen atoms in total. The van der Waals surface area contributed by atoms with Crippen LogP contribution in [0.25, 0.3) is 0 Å². The van der Waals surface area contributed by atoms with Crippen LogP contribution in [0.5, 0.6) is 0 Å². The second kappa shape index (κ2) is 9.14. The highest BCUT2D eigenvalue weighted by atomic mass is 32.1. The highest BCUT2D eigenvalue weighted by Gasteiger charge is 2.55. The first-order chi connectivity index (χ1) is 15.8. The van der Waals surface area contributed by atoms with Gasteiger partial charge < -0.3 is 20.1 Å². The van der Waals surface area contributed by atoms with Gasteiger partial charge in [-0.2, -0.15) is 0 Å². The molecule has 1 saturated carbocycles. The lowest BCUT2D eigenvalue weighted by atomic mass is 9.56. The van der Waals surface area contributed by atoms with Crippen molar-refractivity contribution in [1.29, 1.82) is 0 Å².